The summed E-state index contributed by atoms with van der Waals surface area (Å²) >= 11 is 0. The number of aliphatic imine (C=N–C) groups is 1. The molecule has 2 amide bonds. The highest BCUT2D eigenvalue weighted by atomic mass is 16.5. The molecule has 202 valence electrons. The molecule has 1 atom stereocenters. The molecule has 8 nitrogen and oxygen atoms in total. The first-order valence-electron chi connectivity index (χ1n) is 13.7. The molecule has 1 unspecified atom stereocenters. The van der Waals surface area contributed by atoms with E-state index in [1.165, 1.54) is 32.1 Å². The van der Waals surface area contributed by atoms with Crippen molar-refractivity contribution in [1.82, 2.24) is 15.5 Å². The van der Waals surface area contributed by atoms with E-state index in [-0.39, 0.29) is 23.8 Å². The van der Waals surface area contributed by atoms with Crippen LogP contribution >= 0.6 is 0 Å². The predicted octanol–water partition coefficient (Wildman–Crippen LogP) is 4.79. The van der Waals surface area contributed by atoms with E-state index in [2.05, 4.69) is 21.6 Å². The number of ether oxygens (including phenoxy) is 1. The molecule has 1 heterocycles. The molecule has 8 heteroatoms. The molecule has 0 bridgehead atoms. The van der Waals surface area contributed by atoms with Gasteiger partial charge in [0.15, 0.2) is 0 Å². The number of hydrogen-bond acceptors (Lipinski definition) is 6. The standard InChI is InChI=1S/C29H43N5O3/c1-5-37-27(36)32-25(22-12-8-6-9-13-22)31-24(20-28(2,3)4)26(35)33-29(21-30)16-18-34(19-17-29)23-14-10-7-11-15-23/h6,8-9,12-13,23-24H,5,7,10-11,14-20H2,1-4H3,(H,33,35)(H,31,32,36). The zero-order valence-electron chi connectivity index (χ0n) is 22.9. The van der Waals surface area contributed by atoms with E-state index < -0.39 is 17.7 Å². The maximum Gasteiger partial charge on any atom is 0.412 e. The van der Waals surface area contributed by atoms with Crippen molar-refractivity contribution in [3.05, 3.63) is 35.9 Å². The summed E-state index contributed by atoms with van der Waals surface area (Å²) in [6.45, 7) is 9.72. The summed E-state index contributed by atoms with van der Waals surface area (Å²) in [4.78, 5) is 33.2. The van der Waals surface area contributed by atoms with Crippen LogP contribution in [-0.2, 0) is 9.53 Å². The van der Waals surface area contributed by atoms with Gasteiger partial charge in [0.05, 0.1) is 12.7 Å². The van der Waals surface area contributed by atoms with E-state index in [0.717, 1.165) is 13.1 Å². The van der Waals surface area contributed by atoms with Gasteiger partial charge in [0, 0.05) is 24.7 Å². The number of amidine groups is 1. The van der Waals surface area contributed by atoms with E-state index in [1.807, 2.05) is 51.1 Å². The molecule has 0 aromatic heterocycles. The molecule has 1 aliphatic heterocycles. The number of alkyl carbamates (subject to hydrolysis) is 1. The van der Waals surface area contributed by atoms with Crippen molar-refractivity contribution < 1.29 is 14.3 Å². The second kappa shape index (κ2) is 13.0. The fourth-order valence-electron chi connectivity index (χ4n) is 5.27. The van der Waals surface area contributed by atoms with Gasteiger partial charge >= 0.3 is 6.09 Å². The lowest BCUT2D eigenvalue weighted by Crippen LogP contribution is -2.58. The van der Waals surface area contributed by atoms with Crippen LogP contribution in [0.25, 0.3) is 0 Å². The molecular weight excluding hydrogens is 466 g/mol. The molecule has 1 aromatic rings. The zero-order valence-corrected chi connectivity index (χ0v) is 22.9. The lowest BCUT2D eigenvalue weighted by Gasteiger charge is -2.42. The smallest absolute Gasteiger partial charge is 0.412 e. The molecule has 1 saturated carbocycles. The van der Waals surface area contributed by atoms with Crippen LogP contribution in [0.3, 0.4) is 0 Å². The number of rotatable bonds is 7. The van der Waals surface area contributed by atoms with Gasteiger partial charge in [-0.1, -0.05) is 70.4 Å². The minimum Gasteiger partial charge on any atom is -0.450 e. The lowest BCUT2D eigenvalue weighted by atomic mass is 9.84. The van der Waals surface area contributed by atoms with Crippen molar-refractivity contribution in [2.45, 2.75) is 96.7 Å². The van der Waals surface area contributed by atoms with E-state index in [0.29, 0.717) is 30.9 Å². The molecular formula is C29H43N5O3. The second-order valence-corrected chi connectivity index (χ2v) is 11.5. The fourth-order valence-corrected chi connectivity index (χ4v) is 5.27. The van der Waals surface area contributed by atoms with Crippen LogP contribution in [0.5, 0.6) is 0 Å². The molecule has 2 fully saturated rings. The van der Waals surface area contributed by atoms with Crippen molar-refractivity contribution >= 4 is 17.8 Å². The van der Waals surface area contributed by atoms with Crippen LogP contribution in [0, 0.1) is 16.7 Å². The number of nitrogens with zero attached hydrogens (tertiary/aromatic N) is 3. The van der Waals surface area contributed by atoms with Gasteiger partial charge in [0.25, 0.3) is 0 Å². The van der Waals surface area contributed by atoms with Crippen LogP contribution in [-0.4, -0.2) is 60.1 Å². The maximum atomic E-state index is 13.7. The second-order valence-electron chi connectivity index (χ2n) is 11.5. The molecule has 2 N–H and O–H groups in total. The van der Waals surface area contributed by atoms with Gasteiger partial charge in [-0.2, -0.15) is 5.26 Å². The Labute approximate surface area is 221 Å². The lowest BCUT2D eigenvalue weighted by molar-refractivity contribution is -0.124. The number of hydrogen-bond donors (Lipinski definition) is 2. The molecule has 0 spiro atoms. The van der Waals surface area contributed by atoms with Crippen LogP contribution in [0.2, 0.25) is 0 Å². The van der Waals surface area contributed by atoms with Crippen LogP contribution in [0.1, 0.15) is 84.6 Å². The van der Waals surface area contributed by atoms with Gasteiger partial charge < -0.3 is 15.0 Å². The Kier molecular flexibility index (Phi) is 10.1. The Balaban J connectivity index is 1.80. The minimum absolute atomic E-state index is 0.207. The first-order chi connectivity index (χ1) is 17.6. The molecule has 1 aromatic carbocycles. The Morgan fingerprint density at radius 1 is 1.16 bits per heavy atom. The fraction of sp³-hybridized carbons (Fsp3) is 0.655. The van der Waals surface area contributed by atoms with Crippen LogP contribution in [0.15, 0.2) is 35.3 Å². The van der Waals surface area contributed by atoms with Gasteiger partial charge in [-0.05, 0) is 44.4 Å². The maximum absolute atomic E-state index is 13.7. The van der Waals surface area contributed by atoms with Crippen LogP contribution in [0.4, 0.5) is 4.79 Å². The summed E-state index contributed by atoms with van der Waals surface area (Å²) in [5.41, 5.74) is -0.436. The third-order valence-corrected chi connectivity index (χ3v) is 7.26. The summed E-state index contributed by atoms with van der Waals surface area (Å²) in [6, 6.07) is 11.5. The Morgan fingerprint density at radius 3 is 2.38 bits per heavy atom. The highest BCUT2D eigenvalue weighted by molar-refractivity contribution is 6.07. The highest BCUT2D eigenvalue weighted by Gasteiger charge is 2.40. The van der Waals surface area contributed by atoms with E-state index in [1.54, 1.807) is 6.92 Å². The largest absolute Gasteiger partial charge is 0.450 e. The molecule has 1 saturated heterocycles. The highest BCUT2D eigenvalue weighted by Crippen LogP contribution is 2.30. The third kappa shape index (κ3) is 8.57. The van der Waals surface area contributed by atoms with Crippen molar-refractivity contribution in [1.29, 1.82) is 5.26 Å². The molecule has 3 rings (SSSR count). The van der Waals surface area contributed by atoms with E-state index >= 15 is 0 Å². The Hall–Kier alpha value is -2.92. The van der Waals surface area contributed by atoms with Crippen molar-refractivity contribution in [2.75, 3.05) is 19.7 Å². The van der Waals surface area contributed by atoms with E-state index in [4.69, 9.17) is 9.73 Å². The number of carbonyl (C=O) groups excluding carboxylic acids is 2. The Morgan fingerprint density at radius 2 is 1.81 bits per heavy atom. The topological polar surface area (TPSA) is 107 Å². The number of likely N-dealkylation sites (tertiary alicyclic amines) is 1. The van der Waals surface area contributed by atoms with Crippen molar-refractivity contribution in [2.24, 2.45) is 10.4 Å². The molecule has 2 aliphatic rings. The average Bonchev–Trinajstić information content (AvgIpc) is 2.88. The summed E-state index contributed by atoms with van der Waals surface area (Å²) < 4.78 is 5.07. The van der Waals surface area contributed by atoms with Crippen LogP contribution < -0.4 is 10.6 Å². The van der Waals surface area contributed by atoms with E-state index in [9.17, 15) is 14.9 Å². The van der Waals surface area contributed by atoms with Gasteiger partial charge in [-0.3, -0.25) is 15.1 Å². The van der Waals surface area contributed by atoms with Crippen molar-refractivity contribution in [3.63, 3.8) is 0 Å². The number of carbonyl (C=O) groups is 2. The summed E-state index contributed by atoms with van der Waals surface area (Å²) in [6.07, 6.45) is 7.35. The monoisotopic (exact) mass is 509 g/mol. The summed E-state index contributed by atoms with van der Waals surface area (Å²) in [5, 5.41) is 15.9. The Bertz CT molecular complexity index is 965. The van der Waals surface area contributed by atoms with Gasteiger partial charge in [0.1, 0.15) is 17.4 Å². The molecule has 37 heavy (non-hydrogen) atoms. The van der Waals surface area contributed by atoms with Gasteiger partial charge in [-0.25, -0.2) is 4.79 Å². The summed E-state index contributed by atoms with van der Waals surface area (Å²) in [5.74, 6) is -0.0109. The number of piperidine rings is 1. The number of benzene rings is 1. The predicted molar refractivity (Wildman–Crippen MR) is 145 cm³/mol. The third-order valence-electron chi connectivity index (χ3n) is 7.26. The number of amides is 2. The molecule has 0 radical (unpaired) electrons. The number of nitrogens with one attached hydrogen (secondary N) is 2. The SMILES string of the molecule is CCOC(=O)NC(=NC(CC(C)(C)C)C(=O)NC1(C#N)CCN(C2CCCCC2)CC1)c1ccccc1. The normalized spacial score (nSPS) is 19.9. The van der Waals surface area contributed by atoms with Gasteiger partial charge in [0.2, 0.25) is 5.91 Å². The first kappa shape index (κ1) is 28.6. The van der Waals surface area contributed by atoms with Gasteiger partial charge in [-0.15, -0.1) is 0 Å². The zero-order chi connectivity index (χ0) is 26.9. The van der Waals surface area contributed by atoms with Crippen molar-refractivity contribution in [3.8, 4) is 6.07 Å². The average molecular weight is 510 g/mol. The molecule has 1 aliphatic carbocycles. The first-order valence-corrected chi connectivity index (χ1v) is 13.7. The summed E-state index contributed by atoms with van der Waals surface area (Å²) in [7, 11) is 0. The minimum atomic E-state index is -0.907. The quantitative estimate of drug-likeness (QED) is 0.406. The number of nitriles is 1.